The number of benzene rings is 1. The summed E-state index contributed by atoms with van der Waals surface area (Å²) >= 11 is 0. The van der Waals surface area contributed by atoms with E-state index in [0.717, 1.165) is 6.07 Å². The highest BCUT2D eigenvalue weighted by atomic mass is 19.4. The Morgan fingerprint density at radius 2 is 1.75 bits per heavy atom. The highest BCUT2D eigenvalue weighted by Crippen LogP contribution is 2.32. The van der Waals surface area contributed by atoms with Crippen molar-refractivity contribution in [3.63, 3.8) is 0 Å². The molecule has 0 aliphatic rings. The number of hydrogen-bond donors (Lipinski definition) is 2. The second-order valence-electron chi connectivity index (χ2n) is 3.84. The molecule has 0 bridgehead atoms. The van der Waals surface area contributed by atoms with Gasteiger partial charge in [-0.3, -0.25) is 5.41 Å². The van der Waals surface area contributed by atoms with Crippen molar-refractivity contribution in [3.05, 3.63) is 29.3 Å². The summed E-state index contributed by atoms with van der Waals surface area (Å²) in [5.41, 5.74) is 3.63. The molecule has 3 N–H and O–H groups in total. The third-order valence-corrected chi connectivity index (χ3v) is 2.24. The van der Waals surface area contributed by atoms with Crippen LogP contribution < -0.4 is 10.5 Å². The Kier molecular flexibility index (Phi) is 4.51. The molecule has 0 unspecified atom stereocenters. The van der Waals surface area contributed by atoms with Gasteiger partial charge in [-0.15, -0.1) is 0 Å². The van der Waals surface area contributed by atoms with Gasteiger partial charge in [0.15, 0.2) is 0 Å². The number of nitrogens with two attached hydrogens (primary N) is 1. The summed E-state index contributed by atoms with van der Waals surface area (Å²) in [6.45, 7) is -0.769. The maximum atomic E-state index is 12.5. The normalized spacial score (nSPS) is 12.3. The second-order valence-corrected chi connectivity index (χ2v) is 3.84. The van der Waals surface area contributed by atoms with Crippen molar-refractivity contribution in [2.75, 3.05) is 6.61 Å². The summed E-state index contributed by atoms with van der Waals surface area (Å²) in [4.78, 5) is 0. The fourth-order valence-electron chi connectivity index (χ4n) is 1.32. The van der Waals surface area contributed by atoms with E-state index in [1.54, 1.807) is 0 Å². The van der Waals surface area contributed by atoms with Crippen molar-refractivity contribution < 1.29 is 31.1 Å². The molecule has 0 heterocycles. The molecule has 20 heavy (non-hydrogen) atoms. The summed E-state index contributed by atoms with van der Waals surface area (Å²) in [5.74, 6) is -1.02. The summed E-state index contributed by atoms with van der Waals surface area (Å²) in [7, 11) is 0. The van der Waals surface area contributed by atoms with Crippen molar-refractivity contribution in [1.29, 1.82) is 5.41 Å². The molecule has 9 heteroatoms. The number of amidine groups is 1. The fraction of sp³-hybridized carbons (Fsp3) is 0.364. The average Bonchev–Trinajstić information content (AvgIpc) is 2.25. The third-order valence-electron chi connectivity index (χ3n) is 2.24. The van der Waals surface area contributed by atoms with Crippen LogP contribution in [0.5, 0.6) is 5.75 Å². The topological polar surface area (TPSA) is 59.1 Å². The van der Waals surface area contributed by atoms with Gasteiger partial charge in [-0.2, -0.15) is 26.3 Å². The first kappa shape index (κ1) is 16.1. The summed E-state index contributed by atoms with van der Waals surface area (Å²) in [6, 6.07) is 2.05. The Hall–Kier alpha value is -1.93. The van der Waals surface area contributed by atoms with Crippen LogP contribution in [0.3, 0.4) is 0 Å². The first-order chi connectivity index (χ1) is 9.00. The number of hydrogen-bond acceptors (Lipinski definition) is 2. The van der Waals surface area contributed by atoms with Crippen LogP contribution >= 0.6 is 0 Å². The fourth-order valence-corrected chi connectivity index (χ4v) is 1.32. The number of ether oxygens (including phenoxy) is 1. The van der Waals surface area contributed by atoms with E-state index in [9.17, 15) is 26.3 Å². The minimum atomic E-state index is -4.64. The van der Waals surface area contributed by atoms with Crippen molar-refractivity contribution in [1.82, 2.24) is 0 Å². The molecule has 0 saturated heterocycles. The molecule has 0 atom stereocenters. The molecule has 0 radical (unpaired) electrons. The molecule has 0 aromatic heterocycles. The van der Waals surface area contributed by atoms with Gasteiger partial charge in [0.2, 0.25) is 0 Å². The Balaban J connectivity index is 2.94. The molecule has 1 aromatic carbocycles. The number of rotatable bonds is 4. The maximum absolute atomic E-state index is 12.5. The molecule has 0 fully saturated rings. The molecule has 0 aliphatic heterocycles. The maximum Gasteiger partial charge on any atom is 0.416 e. The third kappa shape index (κ3) is 4.63. The van der Waals surface area contributed by atoms with Crippen LogP contribution in [0.1, 0.15) is 17.5 Å². The first-order valence-electron chi connectivity index (χ1n) is 5.26. The predicted molar refractivity (Wildman–Crippen MR) is 58.6 cm³/mol. The summed E-state index contributed by atoms with van der Waals surface area (Å²) in [6.07, 6.45) is -10.3. The van der Waals surface area contributed by atoms with Crippen LogP contribution in [-0.2, 0) is 6.18 Å². The number of nitrogen functional groups attached to an aromatic ring is 1. The van der Waals surface area contributed by atoms with Crippen molar-refractivity contribution >= 4 is 5.84 Å². The molecule has 3 nitrogen and oxygen atoms in total. The van der Waals surface area contributed by atoms with E-state index in [0.29, 0.717) is 12.1 Å². The van der Waals surface area contributed by atoms with Crippen LogP contribution in [0, 0.1) is 5.41 Å². The zero-order chi connectivity index (χ0) is 15.6. The van der Waals surface area contributed by atoms with Crippen molar-refractivity contribution in [2.45, 2.75) is 18.8 Å². The monoisotopic (exact) mass is 300 g/mol. The standard InChI is InChI=1S/C11H10F6N2O/c12-10(13,14)3-4-20-8-2-1-6(11(15,16)17)5-7(8)9(18)19/h1-2,5H,3-4H2,(H3,18,19). The molecule has 0 saturated carbocycles. The second kappa shape index (κ2) is 5.59. The largest absolute Gasteiger partial charge is 0.492 e. The van der Waals surface area contributed by atoms with Crippen molar-refractivity contribution in [2.24, 2.45) is 5.73 Å². The van der Waals surface area contributed by atoms with Gasteiger partial charge in [-0.1, -0.05) is 0 Å². The van der Waals surface area contributed by atoms with E-state index >= 15 is 0 Å². The Bertz CT molecular complexity index is 495. The van der Waals surface area contributed by atoms with Gasteiger partial charge >= 0.3 is 12.4 Å². The number of nitrogens with one attached hydrogen (secondary N) is 1. The zero-order valence-corrected chi connectivity index (χ0v) is 9.90. The Labute approximate surface area is 109 Å². The highest BCUT2D eigenvalue weighted by Gasteiger charge is 2.32. The Morgan fingerprint density at radius 3 is 2.20 bits per heavy atom. The zero-order valence-electron chi connectivity index (χ0n) is 9.90. The van der Waals surface area contributed by atoms with Crippen LogP contribution in [0.4, 0.5) is 26.3 Å². The van der Waals surface area contributed by atoms with E-state index in [4.69, 9.17) is 15.9 Å². The van der Waals surface area contributed by atoms with Gasteiger partial charge in [0, 0.05) is 0 Å². The van der Waals surface area contributed by atoms with Crippen molar-refractivity contribution in [3.8, 4) is 5.75 Å². The van der Waals surface area contributed by atoms with E-state index in [1.165, 1.54) is 0 Å². The van der Waals surface area contributed by atoms with Gasteiger partial charge < -0.3 is 10.5 Å². The molecular weight excluding hydrogens is 290 g/mol. The SMILES string of the molecule is N=C(N)c1cc(C(F)(F)F)ccc1OCCC(F)(F)F. The minimum Gasteiger partial charge on any atom is -0.492 e. The summed E-state index contributed by atoms with van der Waals surface area (Å²) < 4.78 is 78.0. The van der Waals surface area contributed by atoms with Gasteiger partial charge in [0.25, 0.3) is 0 Å². The van der Waals surface area contributed by atoms with Gasteiger partial charge in [-0.25, -0.2) is 0 Å². The molecule has 0 aliphatic carbocycles. The van der Waals surface area contributed by atoms with Crippen LogP contribution in [-0.4, -0.2) is 18.6 Å². The van der Waals surface area contributed by atoms with E-state index in [-0.39, 0.29) is 5.75 Å². The number of halogens is 6. The molecular formula is C11H10F6N2O. The molecule has 1 aromatic rings. The first-order valence-corrected chi connectivity index (χ1v) is 5.26. The molecule has 112 valence electrons. The quantitative estimate of drug-likeness (QED) is 0.509. The molecule has 0 spiro atoms. The van der Waals surface area contributed by atoms with E-state index < -0.39 is 42.3 Å². The van der Waals surface area contributed by atoms with Crippen LogP contribution in [0.25, 0.3) is 0 Å². The lowest BCUT2D eigenvalue weighted by molar-refractivity contribution is -0.139. The molecule has 1 rings (SSSR count). The lowest BCUT2D eigenvalue weighted by Crippen LogP contribution is -2.17. The average molecular weight is 300 g/mol. The minimum absolute atomic E-state index is 0.297. The highest BCUT2D eigenvalue weighted by molar-refractivity contribution is 5.97. The Morgan fingerprint density at radius 1 is 1.15 bits per heavy atom. The van der Waals surface area contributed by atoms with Gasteiger partial charge in [0.05, 0.1) is 24.2 Å². The summed E-state index contributed by atoms with van der Waals surface area (Å²) in [5, 5.41) is 7.14. The van der Waals surface area contributed by atoms with E-state index in [1.807, 2.05) is 0 Å². The van der Waals surface area contributed by atoms with Gasteiger partial charge in [-0.05, 0) is 18.2 Å². The van der Waals surface area contributed by atoms with Crippen LogP contribution in [0.2, 0.25) is 0 Å². The predicted octanol–water partition coefficient (Wildman–Crippen LogP) is 3.32. The molecule has 0 amide bonds. The lowest BCUT2D eigenvalue weighted by atomic mass is 10.1. The lowest BCUT2D eigenvalue weighted by Gasteiger charge is -2.14. The van der Waals surface area contributed by atoms with E-state index in [2.05, 4.69) is 0 Å². The van der Waals surface area contributed by atoms with Gasteiger partial charge in [0.1, 0.15) is 11.6 Å². The smallest absolute Gasteiger partial charge is 0.416 e. The number of alkyl halides is 6. The van der Waals surface area contributed by atoms with Crippen LogP contribution in [0.15, 0.2) is 18.2 Å².